The molecule has 0 fully saturated rings. The van der Waals surface area contributed by atoms with Crippen molar-refractivity contribution in [3.63, 3.8) is 0 Å². The Morgan fingerprint density at radius 3 is 2.62 bits per heavy atom. The number of rotatable bonds is 11. The Labute approximate surface area is 177 Å². The Balaban J connectivity index is 1.81. The van der Waals surface area contributed by atoms with E-state index < -0.39 is 5.60 Å². The molecule has 2 rings (SSSR count). The van der Waals surface area contributed by atoms with Gasteiger partial charge in [-0.15, -0.1) is 0 Å². The largest absolute Gasteiger partial charge is 0.491 e. The van der Waals surface area contributed by atoms with Gasteiger partial charge in [-0.05, 0) is 45.7 Å². The van der Waals surface area contributed by atoms with Gasteiger partial charge >= 0.3 is 5.97 Å². The highest BCUT2D eigenvalue weighted by Crippen LogP contribution is 2.24. The molecule has 0 saturated carbocycles. The number of hydrogen-bond acceptors (Lipinski definition) is 7. The van der Waals surface area contributed by atoms with Gasteiger partial charge in [0.25, 0.3) is 0 Å². The summed E-state index contributed by atoms with van der Waals surface area (Å²) in [5, 5.41) is 3.55. The lowest BCUT2D eigenvalue weighted by molar-refractivity contribution is -0.154. The van der Waals surface area contributed by atoms with E-state index in [1.165, 1.54) is 0 Å². The van der Waals surface area contributed by atoms with Crippen LogP contribution in [0.4, 0.5) is 5.82 Å². The lowest BCUT2D eigenvalue weighted by atomic mass is 10.1. The lowest BCUT2D eigenvalue weighted by Crippen LogP contribution is -2.23. The quantitative estimate of drug-likeness (QED) is 0.417. The maximum atomic E-state index is 11.7. The second-order valence-electron chi connectivity index (χ2n) is 7.68. The Bertz CT molecular complexity index is 808. The molecule has 7 nitrogen and oxygen atoms in total. The molecule has 2 aromatic rings. The van der Waals surface area contributed by atoms with E-state index in [2.05, 4.69) is 15.3 Å². The molecule has 160 valence electrons. The number of fused-ring (bicyclic) bond motifs is 1. The number of benzene rings is 1. The molecule has 0 spiro atoms. The van der Waals surface area contributed by atoms with E-state index in [1.807, 2.05) is 39.0 Å². The van der Waals surface area contributed by atoms with Crippen molar-refractivity contribution in [3.05, 3.63) is 23.4 Å². The summed E-state index contributed by atoms with van der Waals surface area (Å²) in [5.41, 5.74) is 0.979. The number of ether oxygens (including phenoxy) is 3. The number of nitrogens with one attached hydrogen (secondary N) is 1. The maximum absolute atomic E-state index is 11.7. The molecule has 0 atom stereocenters. The molecule has 0 radical (unpaired) electrons. The van der Waals surface area contributed by atoms with Crippen molar-refractivity contribution in [3.8, 4) is 5.75 Å². The van der Waals surface area contributed by atoms with Crippen molar-refractivity contribution in [2.75, 3.05) is 32.2 Å². The summed E-state index contributed by atoms with van der Waals surface area (Å²) in [5.74, 6) is 1.09. The summed E-state index contributed by atoms with van der Waals surface area (Å²) >= 11 is 6.24. The second kappa shape index (κ2) is 11.2. The average molecular weight is 424 g/mol. The number of unbranched alkanes of at least 4 members (excludes halogenated alkanes) is 2. The summed E-state index contributed by atoms with van der Waals surface area (Å²) in [4.78, 5) is 20.6. The van der Waals surface area contributed by atoms with Crippen LogP contribution in [0, 0.1) is 0 Å². The number of halogens is 1. The van der Waals surface area contributed by atoms with Crippen LogP contribution in [0.3, 0.4) is 0 Å². The standard InChI is InChI=1S/C21H30ClN3O4/c1-21(2,3)29-18(26)8-6-5-7-11-23-20-19(22)24-16-10-9-15(14-17(16)25-20)28-13-12-27-4/h9-10,14H,5-8,11-13H2,1-4H3,(H,23,25). The van der Waals surface area contributed by atoms with Crippen molar-refractivity contribution >= 4 is 34.4 Å². The predicted octanol–water partition coefficient (Wildman–Crippen LogP) is 4.62. The van der Waals surface area contributed by atoms with E-state index in [0.717, 1.165) is 19.3 Å². The van der Waals surface area contributed by atoms with Gasteiger partial charge in [-0.1, -0.05) is 18.0 Å². The first-order valence-corrected chi connectivity index (χ1v) is 10.2. The van der Waals surface area contributed by atoms with Gasteiger partial charge in [0.15, 0.2) is 11.0 Å². The highest BCUT2D eigenvalue weighted by Gasteiger charge is 2.15. The molecule has 0 bridgehead atoms. The third-order valence-corrected chi connectivity index (χ3v) is 4.18. The van der Waals surface area contributed by atoms with Crippen molar-refractivity contribution < 1.29 is 19.0 Å². The van der Waals surface area contributed by atoms with Gasteiger partial charge in [0.05, 0.1) is 17.6 Å². The molecule has 1 N–H and O–H groups in total. The molecule has 29 heavy (non-hydrogen) atoms. The molecule has 1 aromatic carbocycles. The van der Waals surface area contributed by atoms with Crippen LogP contribution < -0.4 is 10.1 Å². The minimum atomic E-state index is -0.432. The van der Waals surface area contributed by atoms with Crippen molar-refractivity contribution in [1.82, 2.24) is 9.97 Å². The first-order chi connectivity index (χ1) is 13.8. The summed E-state index contributed by atoms with van der Waals surface area (Å²) in [6, 6.07) is 5.50. The second-order valence-corrected chi connectivity index (χ2v) is 8.04. The highest BCUT2D eigenvalue weighted by molar-refractivity contribution is 6.32. The smallest absolute Gasteiger partial charge is 0.306 e. The third-order valence-electron chi connectivity index (χ3n) is 3.92. The number of anilines is 1. The zero-order chi connectivity index (χ0) is 21.3. The van der Waals surface area contributed by atoms with Gasteiger partial charge in [0.2, 0.25) is 0 Å². The van der Waals surface area contributed by atoms with Crippen LogP contribution in [0.1, 0.15) is 46.5 Å². The molecule has 0 aliphatic carbocycles. The van der Waals surface area contributed by atoms with Crippen LogP contribution in [0.2, 0.25) is 5.15 Å². The Morgan fingerprint density at radius 2 is 1.90 bits per heavy atom. The Morgan fingerprint density at radius 1 is 1.10 bits per heavy atom. The molecular formula is C21H30ClN3O4. The van der Waals surface area contributed by atoms with Crippen LogP contribution in [-0.2, 0) is 14.3 Å². The Hall–Kier alpha value is -2.12. The monoisotopic (exact) mass is 423 g/mol. The van der Waals surface area contributed by atoms with Crippen molar-refractivity contribution in [2.45, 2.75) is 52.1 Å². The number of carbonyl (C=O) groups is 1. The maximum Gasteiger partial charge on any atom is 0.306 e. The minimum Gasteiger partial charge on any atom is -0.491 e. The number of esters is 1. The fraction of sp³-hybridized carbons (Fsp3) is 0.571. The molecule has 0 aliphatic heterocycles. The van der Waals surface area contributed by atoms with Crippen LogP contribution in [-0.4, -0.2) is 48.4 Å². The van der Waals surface area contributed by atoms with Crippen molar-refractivity contribution in [1.29, 1.82) is 0 Å². The summed E-state index contributed by atoms with van der Waals surface area (Å²) in [6.07, 6.45) is 3.01. The van der Waals surface area contributed by atoms with Crippen LogP contribution in [0.25, 0.3) is 11.0 Å². The minimum absolute atomic E-state index is 0.155. The number of aromatic nitrogens is 2. The zero-order valence-corrected chi connectivity index (χ0v) is 18.3. The van der Waals surface area contributed by atoms with Crippen LogP contribution in [0.15, 0.2) is 18.2 Å². The van der Waals surface area contributed by atoms with Crippen LogP contribution in [0.5, 0.6) is 5.75 Å². The molecule has 0 unspecified atom stereocenters. The zero-order valence-electron chi connectivity index (χ0n) is 17.6. The van der Waals surface area contributed by atoms with Crippen molar-refractivity contribution in [2.24, 2.45) is 0 Å². The predicted molar refractivity (Wildman–Crippen MR) is 115 cm³/mol. The van der Waals surface area contributed by atoms with Crippen LogP contribution >= 0.6 is 11.6 Å². The van der Waals surface area contributed by atoms with Gasteiger partial charge in [-0.25, -0.2) is 9.97 Å². The molecule has 8 heteroatoms. The molecule has 1 aromatic heterocycles. The van der Waals surface area contributed by atoms with E-state index in [9.17, 15) is 4.79 Å². The van der Waals surface area contributed by atoms with E-state index in [4.69, 9.17) is 25.8 Å². The molecule has 1 heterocycles. The molecule has 0 saturated heterocycles. The van der Waals surface area contributed by atoms with E-state index >= 15 is 0 Å². The summed E-state index contributed by atoms with van der Waals surface area (Å²) < 4.78 is 15.9. The fourth-order valence-corrected chi connectivity index (χ4v) is 2.83. The first kappa shape index (κ1) is 23.2. The lowest BCUT2D eigenvalue weighted by Gasteiger charge is -2.19. The first-order valence-electron chi connectivity index (χ1n) is 9.83. The summed E-state index contributed by atoms with van der Waals surface area (Å²) in [7, 11) is 1.63. The summed E-state index contributed by atoms with van der Waals surface area (Å²) in [6.45, 7) is 7.30. The average Bonchev–Trinajstić information content (AvgIpc) is 2.63. The van der Waals surface area contributed by atoms with E-state index in [1.54, 1.807) is 7.11 Å². The third kappa shape index (κ3) is 8.41. The number of nitrogens with zero attached hydrogens (tertiary/aromatic N) is 2. The van der Waals surface area contributed by atoms with E-state index in [-0.39, 0.29) is 5.97 Å². The number of methoxy groups -OCH3 is 1. The molecule has 0 aliphatic rings. The molecule has 0 amide bonds. The van der Waals surface area contributed by atoms with E-state index in [0.29, 0.717) is 53.9 Å². The number of hydrogen-bond donors (Lipinski definition) is 1. The van der Waals surface area contributed by atoms with Gasteiger partial charge in [0.1, 0.15) is 18.0 Å². The molecular weight excluding hydrogens is 394 g/mol. The van der Waals surface area contributed by atoms with Gasteiger partial charge in [-0.3, -0.25) is 4.79 Å². The van der Waals surface area contributed by atoms with Gasteiger partial charge in [0, 0.05) is 26.1 Å². The van der Waals surface area contributed by atoms with Gasteiger partial charge in [-0.2, -0.15) is 0 Å². The normalized spacial score (nSPS) is 11.5. The highest BCUT2D eigenvalue weighted by atomic mass is 35.5. The fourth-order valence-electron chi connectivity index (χ4n) is 2.63. The SMILES string of the molecule is COCCOc1ccc2nc(Cl)c(NCCCCCC(=O)OC(C)(C)C)nc2c1. The number of carbonyl (C=O) groups excluding carboxylic acids is 1. The van der Waals surface area contributed by atoms with Gasteiger partial charge < -0.3 is 19.5 Å². The Kier molecular flexibility index (Phi) is 8.92. The topological polar surface area (TPSA) is 82.6 Å².